The summed E-state index contributed by atoms with van der Waals surface area (Å²) in [7, 11) is -1.34. The smallest absolute Gasteiger partial charge is 0.661 e. The van der Waals surface area contributed by atoms with Gasteiger partial charge in [-0.25, -0.2) is 0 Å². The number of benzene rings is 6. The molecule has 0 amide bonds. The molecule has 6 heteroatoms. The molecule has 1 unspecified atom stereocenters. The fourth-order valence-electron chi connectivity index (χ4n) is 8.30. The molecule has 0 radical (unpaired) electrons. The normalized spacial score (nSPS) is 13.7. The molecule has 6 aromatic carbocycles. The van der Waals surface area contributed by atoms with Crippen LogP contribution in [0.3, 0.4) is 0 Å². The summed E-state index contributed by atoms with van der Waals surface area (Å²) in [5.74, 6) is 1.19. The first kappa shape index (κ1) is 42.8. The van der Waals surface area contributed by atoms with Crippen molar-refractivity contribution >= 4 is 52.3 Å². The second-order valence-electron chi connectivity index (χ2n) is 17.6. The molecule has 8 aromatic rings. The van der Waals surface area contributed by atoms with Gasteiger partial charge in [-0.3, -0.25) is 0 Å². The largest absolute Gasteiger partial charge is 3.00 e. The third kappa shape index (κ3) is 8.52. The monoisotopic (exact) mass is 981 g/mol. The van der Waals surface area contributed by atoms with Crippen molar-refractivity contribution in [1.29, 1.82) is 0 Å². The molecule has 60 heavy (non-hydrogen) atoms. The Kier molecular flexibility index (Phi) is 12.7. The fraction of sp³-hybridized carbons (Fsp3) is 0.241. The minimum atomic E-state index is -1.34. The summed E-state index contributed by atoms with van der Waals surface area (Å²) in [6, 6.07) is 53.5. The number of aromatic nitrogens is 1. The number of para-hydroxylation sites is 3. The van der Waals surface area contributed by atoms with E-state index in [1.165, 1.54) is 38.7 Å². The average molecular weight is 981 g/mol. The number of nitrogens with zero attached hydrogens (tertiary/aromatic N) is 3. The van der Waals surface area contributed by atoms with Gasteiger partial charge in [0.25, 0.3) is 0 Å². The Morgan fingerprint density at radius 3 is 1.97 bits per heavy atom. The van der Waals surface area contributed by atoms with Gasteiger partial charge in [-0.1, -0.05) is 145 Å². The molecule has 1 aliphatic rings. The number of fused-ring (bicyclic) bond motifs is 4. The Labute approximate surface area is 371 Å². The van der Waals surface area contributed by atoms with Crippen molar-refractivity contribution in [3.63, 3.8) is 0 Å². The summed E-state index contributed by atoms with van der Waals surface area (Å²) in [4.78, 5) is 7.12. The van der Waals surface area contributed by atoms with Crippen LogP contribution < -0.4 is 10.1 Å². The van der Waals surface area contributed by atoms with E-state index in [9.17, 15) is 0 Å². The number of rotatable bonds is 8. The Hall–Kier alpha value is -5.26. The summed E-state index contributed by atoms with van der Waals surface area (Å²) < 4.78 is 6.12. The summed E-state index contributed by atoms with van der Waals surface area (Å²) in [5.41, 5.74) is 14.9. The summed E-state index contributed by atoms with van der Waals surface area (Å²) in [6.45, 7) is 20.8. The van der Waals surface area contributed by atoms with Gasteiger partial charge in [0.2, 0.25) is 0 Å². The second kappa shape index (κ2) is 17.8. The molecular formula is C54H54IrN3OSi. The van der Waals surface area contributed by atoms with Crippen LogP contribution in [-0.4, -0.2) is 13.1 Å². The maximum absolute atomic E-state index is 6.12. The molecule has 1 aliphatic heterocycles. The van der Waals surface area contributed by atoms with E-state index in [4.69, 9.17) is 9.73 Å². The molecule has 0 saturated carbocycles. The number of furan rings is 1. The quantitative estimate of drug-likeness (QED) is 0.113. The van der Waals surface area contributed by atoms with Crippen LogP contribution in [0.5, 0.6) is 0 Å². The van der Waals surface area contributed by atoms with Gasteiger partial charge in [0.15, 0.2) is 0 Å². The molecule has 1 atom stereocenters. The maximum Gasteiger partial charge on any atom is 3.00 e. The third-order valence-electron chi connectivity index (χ3n) is 11.4. The fourth-order valence-corrected chi connectivity index (χ4v) is 9.97. The Bertz CT molecular complexity index is 2700. The molecule has 2 aromatic heterocycles. The van der Waals surface area contributed by atoms with Gasteiger partial charge in [0, 0.05) is 28.5 Å². The zero-order chi connectivity index (χ0) is 41.4. The first-order valence-corrected chi connectivity index (χ1v) is 24.5. The number of anilines is 2. The Balaban J connectivity index is 0.000000230. The summed E-state index contributed by atoms with van der Waals surface area (Å²) >= 11 is 0. The number of pyridine rings is 1. The molecule has 3 heterocycles. The van der Waals surface area contributed by atoms with Crippen LogP contribution in [0.15, 0.2) is 144 Å². The second-order valence-corrected chi connectivity index (χ2v) is 22.7. The summed E-state index contributed by atoms with van der Waals surface area (Å²) in [5, 5.41) is 8.99. The van der Waals surface area contributed by atoms with Crippen molar-refractivity contribution < 1.29 is 24.5 Å². The molecule has 0 bridgehead atoms. The number of hydrogen-bond donors (Lipinski definition) is 0. The molecule has 0 spiro atoms. The Morgan fingerprint density at radius 1 is 0.650 bits per heavy atom. The average Bonchev–Trinajstić information content (AvgIpc) is 3.82. The van der Waals surface area contributed by atoms with E-state index in [1.54, 1.807) is 0 Å². The van der Waals surface area contributed by atoms with Gasteiger partial charge in [0.1, 0.15) is 5.58 Å². The molecular weight excluding hydrogens is 927 g/mol. The standard InChI is InChI=1S/C37H32N2O.C17H22NSi.Ir/c1-23(2)29-21-27(25-12-6-5-7-13-25)22-30(24(3)4)36(29)39-33-16-10-9-15-32(33)38-37(39)26-18-19-35-31(20-26)28-14-8-11-17-34(28)40-35;1-13(2)15-11-16(14-9-7-6-8-10-14)18-12-17(15)19(3,4)5;/h5-17,19-24,37H,1-4H3;6-9,11-13H,1-5H3;/q-2;-1;+3. The van der Waals surface area contributed by atoms with Crippen molar-refractivity contribution in [2.45, 2.75) is 85.1 Å². The van der Waals surface area contributed by atoms with E-state index >= 15 is 0 Å². The SMILES string of the molecule is CC(C)c1cc(-c2[c-]cccc2)ncc1[Si](C)(C)C.CC(C)c1cc(-c2ccccc2)cc(C(C)C)c1N1c2ccccc2[N-]C1c1[c-]cc2oc3ccccc3c2c1.[Ir+3]. The van der Waals surface area contributed by atoms with E-state index in [2.05, 4.69) is 186 Å². The van der Waals surface area contributed by atoms with Crippen molar-refractivity contribution in [3.05, 3.63) is 179 Å². The van der Waals surface area contributed by atoms with Gasteiger partial charge >= 0.3 is 20.1 Å². The molecule has 0 N–H and O–H groups in total. The minimum absolute atomic E-state index is 0. The van der Waals surface area contributed by atoms with Crippen molar-refractivity contribution in [3.8, 4) is 22.4 Å². The van der Waals surface area contributed by atoms with Crippen LogP contribution in [0, 0.1) is 12.1 Å². The van der Waals surface area contributed by atoms with Crippen LogP contribution in [0.25, 0.3) is 49.6 Å². The van der Waals surface area contributed by atoms with Crippen LogP contribution >= 0.6 is 0 Å². The van der Waals surface area contributed by atoms with Gasteiger partial charge in [0.05, 0.1) is 8.07 Å². The van der Waals surface area contributed by atoms with Crippen molar-refractivity contribution in [1.82, 2.24) is 4.98 Å². The van der Waals surface area contributed by atoms with Gasteiger partial charge in [-0.15, -0.1) is 47.6 Å². The molecule has 0 saturated heterocycles. The maximum atomic E-state index is 6.12. The van der Waals surface area contributed by atoms with E-state index in [1.807, 2.05) is 36.4 Å². The van der Waals surface area contributed by atoms with Crippen molar-refractivity contribution in [2.75, 3.05) is 4.90 Å². The minimum Gasteiger partial charge on any atom is -0.661 e. The van der Waals surface area contributed by atoms with E-state index in [0.717, 1.165) is 50.1 Å². The zero-order valence-electron chi connectivity index (χ0n) is 36.2. The topological polar surface area (TPSA) is 43.4 Å². The predicted molar refractivity (Wildman–Crippen MR) is 253 cm³/mol. The van der Waals surface area contributed by atoms with Crippen molar-refractivity contribution in [2.24, 2.45) is 0 Å². The molecule has 0 aliphatic carbocycles. The molecule has 0 fully saturated rings. The number of hydrogen-bond acceptors (Lipinski definition) is 3. The Morgan fingerprint density at radius 2 is 1.30 bits per heavy atom. The molecule has 9 rings (SSSR count). The first-order valence-electron chi connectivity index (χ1n) is 21.0. The predicted octanol–water partition coefficient (Wildman–Crippen LogP) is 15.4. The first-order chi connectivity index (χ1) is 28.4. The van der Waals surface area contributed by atoms with Crippen LogP contribution in [0.1, 0.15) is 87.7 Å². The van der Waals surface area contributed by atoms with Crippen LogP contribution in [0.2, 0.25) is 19.6 Å². The van der Waals surface area contributed by atoms with Crippen LogP contribution in [-0.2, 0) is 20.1 Å². The third-order valence-corrected chi connectivity index (χ3v) is 13.4. The molecule has 304 valence electrons. The van der Waals surface area contributed by atoms with E-state index in [0.29, 0.717) is 17.8 Å². The van der Waals surface area contributed by atoms with E-state index in [-0.39, 0.29) is 26.3 Å². The zero-order valence-corrected chi connectivity index (χ0v) is 39.6. The summed E-state index contributed by atoms with van der Waals surface area (Å²) in [6.07, 6.45) is 1.87. The van der Waals surface area contributed by atoms with Crippen LogP contribution in [0.4, 0.5) is 17.1 Å². The van der Waals surface area contributed by atoms with Gasteiger partial charge in [-0.2, -0.15) is 17.7 Å². The van der Waals surface area contributed by atoms with Gasteiger partial charge < -0.3 is 19.6 Å². The van der Waals surface area contributed by atoms with Gasteiger partial charge in [-0.05, 0) is 81.3 Å². The van der Waals surface area contributed by atoms with E-state index < -0.39 is 8.07 Å². The molecule has 4 nitrogen and oxygen atoms in total.